The van der Waals surface area contributed by atoms with Gasteiger partial charge in [0.05, 0.1) is 10.9 Å². The highest BCUT2D eigenvalue weighted by molar-refractivity contribution is 7.94. The molecule has 3 aromatic carbocycles. The number of hydrogen-bond acceptors (Lipinski definition) is 3. The molecule has 8 heteroatoms. The van der Waals surface area contributed by atoms with E-state index in [0.717, 1.165) is 28.7 Å². The fourth-order valence-corrected chi connectivity index (χ4v) is 5.15. The molecule has 4 rings (SSSR count). The quantitative estimate of drug-likeness (QED) is 0.447. The minimum Gasteiger partial charge on any atom is -0.284 e. The van der Waals surface area contributed by atoms with Crippen LogP contribution < -0.4 is 0 Å². The number of nitrogens with zero attached hydrogens (tertiary/aromatic N) is 1. The third-order valence-corrected chi connectivity index (χ3v) is 7.08. The summed E-state index contributed by atoms with van der Waals surface area (Å²) in [5, 5.41) is 2.34. The van der Waals surface area contributed by atoms with Crippen molar-refractivity contribution in [3.8, 4) is 0 Å². The van der Waals surface area contributed by atoms with Crippen LogP contribution in [0.4, 0.5) is 8.78 Å². The number of likely N-dealkylation sites (tertiary alicyclic amines) is 1. The van der Waals surface area contributed by atoms with Gasteiger partial charge in [-0.2, -0.15) is 0 Å². The number of sulfone groups is 1. The van der Waals surface area contributed by atoms with E-state index in [-0.39, 0.29) is 6.04 Å². The summed E-state index contributed by atoms with van der Waals surface area (Å²) in [6, 6.07) is 17.1. The number of rotatable bonds is 5. The predicted octanol–water partition coefficient (Wildman–Crippen LogP) is 6.03. The minimum atomic E-state index is -3.96. The Labute approximate surface area is 189 Å². The van der Waals surface area contributed by atoms with Crippen LogP contribution in [0, 0.1) is 11.6 Å². The van der Waals surface area contributed by atoms with Gasteiger partial charge in [0.15, 0.2) is 9.84 Å². The average Bonchev–Trinajstić information content (AvgIpc) is 2.68. The fourth-order valence-electron chi connectivity index (χ4n) is 3.62. The molecule has 1 aliphatic heterocycles. The molecule has 31 heavy (non-hydrogen) atoms. The second-order valence-electron chi connectivity index (χ2n) is 7.34. The Morgan fingerprint density at radius 1 is 0.806 bits per heavy atom. The van der Waals surface area contributed by atoms with Crippen molar-refractivity contribution < 1.29 is 17.2 Å². The Morgan fingerprint density at radius 2 is 1.26 bits per heavy atom. The smallest absolute Gasteiger partial charge is 0.200 e. The number of hydrogen-bond donors (Lipinski definition) is 0. The minimum absolute atomic E-state index is 0.124. The van der Waals surface area contributed by atoms with Crippen molar-refractivity contribution in [3.05, 3.63) is 111 Å². The molecular formula is C23H17Cl2F2NO2S. The summed E-state index contributed by atoms with van der Waals surface area (Å²) < 4.78 is 52.0. The van der Waals surface area contributed by atoms with Gasteiger partial charge in [-0.3, -0.25) is 4.90 Å². The zero-order chi connectivity index (χ0) is 22.2. The van der Waals surface area contributed by atoms with Gasteiger partial charge in [0.25, 0.3) is 0 Å². The van der Waals surface area contributed by atoms with E-state index in [1.165, 1.54) is 0 Å². The van der Waals surface area contributed by atoms with Crippen LogP contribution in [0.25, 0.3) is 0 Å². The van der Waals surface area contributed by atoms with Gasteiger partial charge in [0.1, 0.15) is 11.6 Å². The highest BCUT2D eigenvalue weighted by atomic mass is 35.5. The number of halogens is 4. The van der Waals surface area contributed by atoms with Crippen molar-refractivity contribution >= 4 is 33.0 Å². The second kappa shape index (κ2) is 8.71. The summed E-state index contributed by atoms with van der Waals surface area (Å²) in [4.78, 5) is 1.70. The molecule has 1 aliphatic rings. The zero-order valence-electron chi connectivity index (χ0n) is 16.1. The van der Waals surface area contributed by atoms with Crippen LogP contribution in [0.2, 0.25) is 10.0 Å². The Bertz CT molecular complexity index is 1170. The van der Waals surface area contributed by atoms with Gasteiger partial charge in [0.2, 0.25) is 0 Å². The Hall–Kier alpha value is -2.25. The molecule has 0 radical (unpaired) electrons. The van der Waals surface area contributed by atoms with E-state index < -0.39 is 26.4 Å². The largest absolute Gasteiger partial charge is 0.284 e. The molecule has 160 valence electrons. The van der Waals surface area contributed by atoms with Gasteiger partial charge in [-0.15, -0.1) is 0 Å². The van der Waals surface area contributed by atoms with Crippen molar-refractivity contribution in [1.29, 1.82) is 0 Å². The van der Waals surface area contributed by atoms with Crippen LogP contribution in [-0.2, 0) is 9.84 Å². The van der Waals surface area contributed by atoms with E-state index in [2.05, 4.69) is 4.90 Å². The molecule has 0 bridgehead atoms. The molecule has 0 N–H and O–H groups in total. The normalized spacial score (nSPS) is 14.5. The summed E-state index contributed by atoms with van der Waals surface area (Å²) >= 11 is 12.1. The maximum atomic E-state index is 13.4. The van der Waals surface area contributed by atoms with Crippen molar-refractivity contribution in [2.45, 2.75) is 10.9 Å². The number of benzene rings is 3. The molecule has 3 nitrogen and oxygen atoms in total. The molecule has 0 amide bonds. The zero-order valence-corrected chi connectivity index (χ0v) is 18.4. The van der Waals surface area contributed by atoms with Crippen molar-refractivity contribution in [3.63, 3.8) is 0 Å². The van der Waals surface area contributed by atoms with Crippen LogP contribution in [-0.4, -0.2) is 26.4 Å². The van der Waals surface area contributed by atoms with Crippen LogP contribution in [0.15, 0.2) is 82.6 Å². The lowest BCUT2D eigenvalue weighted by atomic mass is 9.93. The van der Waals surface area contributed by atoms with E-state index in [0.29, 0.717) is 34.8 Å². The first kappa shape index (κ1) is 22.0. The molecule has 1 saturated heterocycles. The van der Waals surface area contributed by atoms with E-state index in [1.807, 2.05) is 24.3 Å². The summed E-state index contributed by atoms with van der Waals surface area (Å²) in [5.74, 6) is -1.87. The average molecular weight is 480 g/mol. The molecule has 3 aromatic rings. The molecule has 0 aromatic heterocycles. The topological polar surface area (TPSA) is 37.4 Å². The molecule has 0 spiro atoms. The van der Waals surface area contributed by atoms with E-state index in [9.17, 15) is 17.2 Å². The third kappa shape index (κ3) is 4.99. The van der Waals surface area contributed by atoms with Gasteiger partial charge >= 0.3 is 0 Å². The summed E-state index contributed by atoms with van der Waals surface area (Å²) in [7, 11) is -3.96. The van der Waals surface area contributed by atoms with Gasteiger partial charge < -0.3 is 0 Å². The lowest BCUT2D eigenvalue weighted by molar-refractivity contribution is 0.202. The predicted molar refractivity (Wildman–Crippen MR) is 118 cm³/mol. The Morgan fingerprint density at radius 3 is 1.71 bits per heavy atom. The highest BCUT2D eigenvalue weighted by Gasteiger charge is 2.31. The van der Waals surface area contributed by atoms with E-state index in [1.54, 1.807) is 24.3 Å². The highest BCUT2D eigenvalue weighted by Crippen LogP contribution is 2.35. The van der Waals surface area contributed by atoms with Crippen LogP contribution in [0.5, 0.6) is 0 Å². The molecule has 1 heterocycles. The maximum Gasteiger partial charge on any atom is 0.200 e. The van der Waals surface area contributed by atoms with Crippen molar-refractivity contribution in [1.82, 2.24) is 4.90 Å². The lowest BCUT2D eigenvalue weighted by Crippen LogP contribution is -2.43. The van der Waals surface area contributed by atoms with Gasteiger partial charge in [-0.1, -0.05) is 47.5 Å². The molecule has 0 aliphatic carbocycles. The summed E-state index contributed by atoms with van der Waals surface area (Å²) in [6.07, 6.45) is 0. The molecule has 1 fully saturated rings. The van der Waals surface area contributed by atoms with E-state index in [4.69, 9.17) is 23.2 Å². The monoisotopic (exact) mass is 479 g/mol. The summed E-state index contributed by atoms with van der Waals surface area (Å²) in [5.41, 5.74) is 2.65. The Kier molecular flexibility index (Phi) is 6.17. The first-order chi connectivity index (χ1) is 14.7. The van der Waals surface area contributed by atoms with Gasteiger partial charge in [-0.05, 0) is 53.1 Å². The third-order valence-electron chi connectivity index (χ3n) is 5.04. The van der Waals surface area contributed by atoms with Gasteiger partial charge in [0, 0.05) is 34.6 Å². The standard InChI is InChI=1S/C23H17Cl2F2NO2S/c24-18-5-1-16(2-6-18)23(17-3-7-19(25)8-4-17)28-12-15(13-28)14-31(29,30)22-10-20(26)9-21(27)11-22/h1-11,14,23H,12-13H2. The molecule has 0 atom stereocenters. The lowest BCUT2D eigenvalue weighted by Gasteiger charge is -2.41. The van der Waals surface area contributed by atoms with Crippen LogP contribution in [0.3, 0.4) is 0 Å². The van der Waals surface area contributed by atoms with Crippen molar-refractivity contribution in [2.24, 2.45) is 0 Å². The SMILES string of the molecule is O=S(=O)(C=C1CN(C(c2ccc(Cl)cc2)c2ccc(Cl)cc2)C1)c1cc(F)cc(F)c1. The molecule has 0 unspecified atom stereocenters. The molecule has 0 saturated carbocycles. The van der Waals surface area contributed by atoms with E-state index >= 15 is 0 Å². The van der Waals surface area contributed by atoms with Crippen LogP contribution in [0.1, 0.15) is 17.2 Å². The van der Waals surface area contributed by atoms with Gasteiger partial charge in [-0.25, -0.2) is 17.2 Å². The van der Waals surface area contributed by atoms with Crippen molar-refractivity contribution in [2.75, 3.05) is 13.1 Å². The second-order valence-corrected chi connectivity index (χ2v) is 10.0. The first-order valence-corrected chi connectivity index (χ1v) is 11.7. The summed E-state index contributed by atoms with van der Waals surface area (Å²) in [6.45, 7) is 0.792. The Balaban J connectivity index is 1.60. The fraction of sp³-hybridized carbons (Fsp3) is 0.130. The first-order valence-electron chi connectivity index (χ1n) is 9.37. The molecular weight excluding hydrogens is 463 g/mol. The maximum absolute atomic E-state index is 13.4. The van der Waals surface area contributed by atoms with Crippen LogP contribution >= 0.6 is 23.2 Å².